The van der Waals surface area contributed by atoms with Crippen molar-refractivity contribution in [2.75, 3.05) is 4.90 Å². The van der Waals surface area contributed by atoms with Crippen LogP contribution in [0.15, 0.2) is 60.7 Å². The summed E-state index contributed by atoms with van der Waals surface area (Å²) in [6.45, 7) is 5.97. The van der Waals surface area contributed by atoms with Crippen LogP contribution in [0.5, 0.6) is 0 Å². The van der Waals surface area contributed by atoms with E-state index in [0.717, 1.165) is 40.2 Å². The molecule has 0 fully saturated rings. The summed E-state index contributed by atoms with van der Waals surface area (Å²) < 4.78 is 1.83. The van der Waals surface area contributed by atoms with E-state index >= 15 is 0 Å². The molecule has 5 nitrogen and oxygen atoms in total. The van der Waals surface area contributed by atoms with Crippen molar-refractivity contribution in [2.24, 2.45) is 0 Å². The van der Waals surface area contributed by atoms with Gasteiger partial charge in [0.2, 0.25) is 0 Å². The third-order valence-electron chi connectivity index (χ3n) is 5.60. The maximum atomic E-state index is 13.7. The summed E-state index contributed by atoms with van der Waals surface area (Å²) in [6, 6.07) is 20.1. The van der Waals surface area contributed by atoms with Gasteiger partial charge in [-0.15, -0.1) is 0 Å². The molecule has 5 rings (SSSR count). The van der Waals surface area contributed by atoms with Crippen molar-refractivity contribution in [2.45, 2.75) is 33.2 Å². The average Bonchev–Trinajstić information content (AvgIpc) is 3.23. The Balaban J connectivity index is 1.70. The SMILES string of the molecule is Cc1cc(C(=O)N2c3ccccc3CC2C)c2c(C)nn(-c3ccccc3)c2n1. The van der Waals surface area contributed by atoms with Gasteiger partial charge in [-0.25, -0.2) is 9.67 Å². The van der Waals surface area contributed by atoms with E-state index in [1.807, 2.05) is 78.0 Å². The quantitative estimate of drug-likeness (QED) is 0.508. The number of hydrogen-bond donors (Lipinski definition) is 0. The van der Waals surface area contributed by atoms with Gasteiger partial charge in [-0.2, -0.15) is 5.10 Å². The number of carbonyl (C=O) groups is 1. The lowest BCUT2D eigenvalue weighted by atomic mass is 10.1. The Morgan fingerprint density at radius 3 is 2.55 bits per heavy atom. The molecule has 0 N–H and O–H groups in total. The highest BCUT2D eigenvalue weighted by Crippen LogP contribution is 2.35. The van der Waals surface area contributed by atoms with Crippen molar-refractivity contribution < 1.29 is 4.79 Å². The molecule has 1 atom stereocenters. The number of anilines is 1. The first-order valence-electron chi connectivity index (χ1n) is 9.88. The molecule has 0 saturated carbocycles. The maximum absolute atomic E-state index is 13.7. The van der Waals surface area contributed by atoms with Crippen LogP contribution >= 0.6 is 0 Å². The minimum atomic E-state index is 0.00802. The molecule has 144 valence electrons. The fourth-order valence-corrected chi connectivity index (χ4v) is 4.34. The number of nitrogens with zero attached hydrogens (tertiary/aromatic N) is 4. The van der Waals surface area contributed by atoms with Crippen molar-refractivity contribution in [3.63, 3.8) is 0 Å². The second-order valence-corrected chi connectivity index (χ2v) is 7.70. The Labute approximate surface area is 169 Å². The van der Waals surface area contributed by atoms with Crippen molar-refractivity contribution in [1.29, 1.82) is 0 Å². The van der Waals surface area contributed by atoms with Gasteiger partial charge in [0.25, 0.3) is 5.91 Å². The Hall–Kier alpha value is -3.47. The van der Waals surface area contributed by atoms with E-state index in [-0.39, 0.29) is 11.9 Å². The molecular weight excluding hydrogens is 360 g/mol. The lowest BCUT2D eigenvalue weighted by Crippen LogP contribution is -2.36. The molecule has 0 bridgehead atoms. The van der Waals surface area contributed by atoms with Crippen molar-refractivity contribution in [3.8, 4) is 5.69 Å². The second kappa shape index (κ2) is 6.55. The Bertz CT molecular complexity index is 1240. The van der Waals surface area contributed by atoms with Crippen LogP contribution in [-0.2, 0) is 6.42 Å². The van der Waals surface area contributed by atoms with Crippen LogP contribution in [0.4, 0.5) is 5.69 Å². The largest absolute Gasteiger partial charge is 0.305 e. The number of rotatable bonds is 2. The van der Waals surface area contributed by atoms with Crippen LogP contribution in [0.3, 0.4) is 0 Å². The number of hydrogen-bond acceptors (Lipinski definition) is 3. The predicted octanol–water partition coefficient (Wildman–Crippen LogP) is 4.63. The summed E-state index contributed by atoms with van der Waals surface area (Å²) in [6.07, 6.45) is 0.872. The zero-order chi connectivity index (χ0) is 20.1. The van der Waals surface area contributed by atoms with Crippen LogP contribution in [-0.4, -0.2) is 26.7 Å². The molecule has 1 aliphatic heterocycles. The average molecular weight is 382 g/mol. The molecule has 0 aliphatic carbocycles. The minimum Gasteiger partial charge on any atom is -0.305 e. The molecule has 1 amide bonds. The molecule has 5 heteroatoms. The van der Waals surface area contributed by atoms with E-state index in [4.69, 9.17) is 10.1 Å². The Kier molecular flexibility index (Phi) is 3.98. The summed E-state index contributed by atoms with van der Waals surface area (Å²) in [4.78, 5) is 20.4. The number of pyridine rings is 1. The normalized spacial score (nSPS) is 15.7. The van der Waals surface area contributed by atoms with E-state index in [2.05, 4.69) is 13.0 Å². The molecule has 1 aliphatic rings. The molecule has 2 aromatic carbocycles. The first-order chi connectivity index (χ1) is 14.0. The smallest absolute Gasteiger partial charge is 0.259 e. The molecule has 0 spiro atoms. The first kappa shape index (κ1) is 17.6. The first-order valence-corrected chi connectivity index (χ1v) is 9.88. The summed E-state index contributed by atoms with van der Waals surface area (Å²) in [7, 11) is 0. The van der Waals surface area contributed by atoms with Gasteiger partial charge in [0, 0.05) is 17.4 Å². The minimum absolute atomic E-state index is 0.00802. The van der Waals surface area contributed by atoms with Gasteiger partial charge in [-0.05, 0) is 57.0 Å². The van der Waals surface area contributed by atoms with Crippen molar-refractivity contribution >= 4 is 22.6 Å². The number of benzene rings is 2. The predicted molar refractivity (Wildman–Crippen MR) is 115 cm³/mol. The molecule has 4 aromatic rings. The molecule has 3 heterocycles. The fraction of sp³-hybridized carbons (Fsp3) is 0.208. The van der Waals surface area contributed by atoms with Gasteiger partial charge in [-0.1, -0.05) is 36.4 Å². The molecule has 2 aromatic heterocycles. The molecule has 1 unspecified atom stereocenters. The maximum Gasteiger partial charge on any atom is 0.259 e. The van der Waals surface area contributed by atoms with Crippen molar-refractivity contribution in [1.82, 2.24) is 14.8 Å². The highest BCUT2D eigenvalue weighted by Gasteiger charge is 2.33. The summed E-state index contributed by atoms with van der Waals surface area (Å²) in [5, 5.41) is 5.54. The van der Waals surface area contributed by atoms with Crippen LogP contribution in [0.2, 0.25) is 0 Å². The lowest BCUT2D eigenvalue weighted by Gasteiger charge is -2.23. The van der Waals surface area contributed by atoms with E-state index in [9.17, 15) is 4.79 Å². The van der Waals surface area contributed by atoms with Gasteiger partial charge in [0.1, 0.15) is 0 Å². The fourth-order valence-electron chi connectivity index (χ4n) is 4.34. The number of fused-ring (bicyclic) bond motifs is 2. The Morgan fingerprint density at radius 1 is 1.03 bits per heavy atom. The van der Waals surface area contributed by atoms with Gasteiger partial charge in [0.05, 0.1) is 22.3 Å². The van der Waals surface area contributed by atoms with E-state index in [1.54, 1.807) is 0 Å². The van der Waals surface area contributed by atoms with E-state index in [0.29, 0.717) is 5.56 Å². The van der Waals surface area contributed by atoms with Gasteiger partial charge in [0.15, 0.2) is 5.65 Å². The number of aromatic nitrogens is 3. The van der Waals surface area contributed by atoms with E-state index in [1.165, 1.54) is 5.56 Å². The van der Waals surface area contributed by atoms with Gasteiger partial charge in [-0.3, -0.25) is 4.79 Å². The van der Waals surface area contributed by atoms with Crippen LogP contribution in [0.25, 0.3) is 16.7 Å². The van der Waals surface area contributed by atoms with Crippen LogP contribution in [0, 0.1) is 13.8 Å². The standard InChI is InChI=1S/C24H22N4O/c1-15-13-20(24(29)27-16(2)14-18-9-7-8-12-21(18)27)22-17(3)26-28(23(22)25-15)19-10-5-4-6-11-19/h4-13,16H,14H2,1-3H3. The molecule has 0 saturated heterocycles. The molecular formula is C24H22N4O. The number of amides is 1. The molecule has 29 heavy (non-hydrogen) atoms. The molecule has 0 radical (unpaired) electrons. The Morgan fingerprint density at radius 2 is 1.76 bits per heavy atom. The van der Waals surface area contributed by atoms with Crippen LogP contribution < -0.4 is 4.90 Å². The third-order valence-corrected chi connectivity index (χ3v) is 5.60. The topological polar surface area (TPSA) is 51.0 Å². The highest BCUT2D eigenvalue weighted by molar-refractivity contribution is 6.15. The summed E-state index contributed by atoms with van der Waals surface area (Å²) in [5.74, 6) is 0.00802. The third kappa shape index (κ3) is 2.73. The van der Waals surface area contributed by atoms with Gasteiger partial charge >= 0.3 is 0 Å². The number of para-hydroxylation sites is 2. The van der Waals surface area contributed by atoms with Crippen molar-refractivity contribution in [3.05, 3.63) is 83.2 Å². The lowest BCUT2D eigenvalue weighted by molar-refractivity contribution is 0.0983. The number of carbonyl (C=O) groups excluding carboxylic acids is 1. The zero-order valence-electron chi connectivity index (χ0n) is 16.8. The summed E-state index contributed by atoms with van der Waals surface area (Å²) in [5.41, 5.74) is 6.14. The summed E-state index contributed by atoms with van der Waals surface area (Å²) >= 11 is 0. The van der Waals surface area contributed by atoms with Crippen LogP contribution in [0.1, 0.15) is 34.2 Å². The second-order valence-electron chi connectivity index (χ2n) is 7.70. The van der Waals surface area contributed by atoms with E-state index < -0.39 is 0 Å². The number of aryl methyl sites for hydroxylation is 2. The highest BCUT2D eigenvalue weighted by atomic mass is 16.2. The monoisotopic (exact) mass is 382 g/mol. The van der Waals surface area contributed by atoms with Gasteiger partial charge < -0.3 is 4.90 Å². The zero-order valence-corrected chi connectivity index (χ0v) is 16.8.